The summed E-state index contributed by atoms with van der Waals surface area (Å²) in [6, 6.07) is 10.2. The summed E-state index contributed by atoms with van der Waals surface area (Å²) in [5, 5.41) is 12.5. The molecule has 11 heteroatoms. The van der Waals surface area contributed by atoms with Crippen molar-refractivity contribution in [2.24, 2.45) is 0 Å². The number of carbonyl (C=O) groups is 1. The van der Waals surface area contributed by atoms with Crippen molar-refractivity contribution < 1.29 is 9.53 Å². The van der Waals surface area contributed by atoms with Crippen molar-refractivity contribution in [3.63, 3.8) is 0 Å². The molecule has 10 nitrogen and oxygen atoms in total. The third-order valence-electron chi connectivity index (χ3n) is 5.77. The lowest BCUT2D eigenvalue weighted by molar-refractivity contribution is 0.0524. The number of anilines is 3. The van der Waals surface area contributed by atoms with Crippen LogP contribution in [-0.2, 0) is 11.3 Å². The fraction of sp³-hybridized carbons (Fsp3) is 0.444. The summed E-state index contributed by atoms with van der Waals surface area (Å²) >= 11 is 1.61. The predicted molar refractivity (Wildman–Crippen MR) is 153 cm³/mol. The van der Waals surface area contributed by atoms with Crippen molar-refractivity contribution in [1.29, 1.82) is 0 Å². The van der Waals surface area contributed by atoms with E-state index >= 15 is 0 Å². The number of hydrogen-bond donors (Lipinski definition) is 3. The minimum Gasteiger partial charge on any atom is -0.444 e. The summed E-state index contributed by atoms with van der Waals surface area (Å²) in [6.07, 6.45) is 4.11. The van der Waals surface area contributed by atoms with Crippen molar-refractivity contribution in [2.75, 3.05) is 35.2 Å². The van der Waals surface area contributed by atoms with Gasteiger partial charge in [0.15, 0.2) is 0 Å². The van der Waals surface area contributed by atoms with Gasteiger partial charge < -0.3 is 25.6 Å². The van der Waals surface area contributed by atoms with Crippen LogP contribution in [0.2, 0.25) is 0 Å². The van der Waals surface area contributed by atoms with Gasteiger partial charge in [-0.05, 0) is 40.0 Å². The summed E-state index contributed by atoms with van der Waals surface area (Å²) < 4.78 is 5.39. The number of amides is 1. The number of benzene rings is 1. The van der Waals surface area contributed by atoms with Crippen LogP contribution in [0.5, 0.6) is 0 Å². The Morgan fingerprint density at radius 3 is 2.66 bits per heavy atom. The molecule has 1 fully saturated rings. The smallest absolute Gasteiger partial charge is 0.407 e. The molecule has 0 aliphatic carbocycles. The van der Waals surface area contributed by atoms with Crippen LogP contribution in [0, 0.1) is 0 Å². The zero-order valence-electron chi connectivity index (χ0n) is 22.2. The molecule has 0 radical (unpaired) electrons. The molecule has 1 amide bonds. The minimum absolute atomic E-state index is 0.0609. The van der Waals surface area contributed by atoms with Gasteiger partial charge in [-0.3, -0.25) is 0 Å². The lowest BCUT2D eigenvalue weighted by atomic mass is 10.2. The normalized spacial score (nSPS) is 15.2. The molecule has 202 valence electrons. The molecule has 0 spiro atoms. The predicted octanol–water partition coefficient (Wildman–Crippen LogP) is 5.09. The molecule has 3 aromatic rings. The standard InChI is InChI=1S/C27H36N8O2S/c1-5-6-14-28-23-32-24(29-16-20-18-38-22(31-20)19-11-8-7-9-12-19)34-25(33-23)35-15-10-13-21(35)17-30-26(36)37-27(2,3)4/h5,7-9,11-12,18,21H,1,6,10,13-17H2,2-4H3,(H,30,36)(H2,28,29,32,33,34)/t21-/m1/s1. The van der Waals surface area contributed by atoms with Crippen molar-refractivity contribution in [1.82, 2.24) is 25.3 Å². The SMILES string of the molecule is C=CCCNc1nc(NCc2csc(-c3ccccc3)n2)nc(N2CCC[C@@H]2CNC(=O)OC(C)(C)C)n1. The lowest BCUT2D eigenvalue weighted by Crippen LogP contribution is -2.42. The van der Waals surface area contributed by atoms with E-state index < -0.39 is 11.7 Å². The van der Waals surface area contributed by atoms with Crippen LogP contribution in [0.25, 0.3) is 10.6 Å². The van der Waals surface area contributed by atoms with Crippen LogP contribution < -0.4 is 20.9 Å². The molecule has 0 unspecified atom stereocenters. The van der Waals surface area contributed by atoms with Crippen molar-refractivity contribution >= 4 is 35.3 Å². The van der Waals surface area contributed by atoms with E-state index in [1.54, 1.807) is 11.3 Å². The molecule has 1 aromatic carbocycles. The second-order valence-corrected chi connectivity index (χ2v) is 10.9. The van der Waals surface area contributed by atoms with Gasteiger partial charge in [-0.1, -0.05) is 36.4 Å². The van der Waals surface area contributed by atoms with Gasteiger partial charge in [0.05, 0.1) is 12.2 Å². The Morgan fingerprint density at radius 1 is 1.16 bits per heavy atom. The van der Waals surface area contributed by atoms with Gasteiger partial charge in [-0.15, -0.1) is 17.9 Å². The topological polar surface area (TPSA) is 117 Å². The molecular weight excluding hydrogens is 500 g/mol. The van der Waals surface area contributed by atoms with Crippen molar-refractivity contribution in [2.45, 2.75) is 58.2 Å². The van der Waals surface area contributed by atoms with Gasteiger partial charge in [-0.25, -0.2) is 9.78 Å². The number of nitrogens with one attached hydrogen (secondary N) is 3. The van der Waals surface area contributed by atoms with Gasteiger partial charge in [0.1, 0.15) is 10.6 Å². The summed E-state index contributed by atoms with van der Waals surface area (Å²) in [5.74, 6) is 1.53. The third kappa shape index (κ3) is 7.88. The molecule has 1 saturated heterocycles. The maximum absolute atomic E-state index is 12.2. The van der Waals surface area contributed by atoms with E-state index in [1.165, 1.54) is 0 Å². The van der Waals surface area contributed by atoms with Crippen LogP contribution in [0.3, 0.4) is 0 Å². The summed E-state index contributed by atoms with van der Waals surface area (Å²) in [7, 11) is 0. The fourth-order valence-electron chi connectivity index (χ4n) is 4.03. The second-order valence-electron chi connectivity index (χ2n) is 10.0. The number of thiazole rings is 1. The van der Waals surface area contributed by atoms with Crippen molar-refractivity contribution in [3.8, 4) is 10.6 Å². The molecule has 0 saturated carbocycles. The molecule has 1 aliphatic heterocycles. The van der Waals surface area contributed by atoms with E-state index in [-0.39, 0.29) is 6.04 Å². The van der Waals surface area contributed by atoms with E-state index in [0.29, 0.717) is 37.5 Å². The molecule has 1 aliphatic rings. The van der Waals surface area contributed by atoms with Gasteiger partial charge in [0.2, 0.25) is 17.8 Å². The van der Waals surface area contributed by atoms with Gasteiger partial charge in [-0.2, -0.15) is 15.0 Å². The van der Waals surface area contributed by atoms with E-state index in [9.17, 15) is 4.79 Å². The zero-order valence-corrected chi connectivity index (χ0v) is 23.1. The van der Waals surface area contributed by atoms with Gasteiger partial charge in [0, 0.05) is 36.6 Å². The Hall–Kier alpha value is -3.73. The lowest BCUT2D eigenvalue weighted by Gasteiger charge is -2.26. The van der Waals surface area contributed by atoms with Crippen LogP contribution >= 0.6 is 11.3 Å². The number of ether oxygens (including phenoxy) is 1. The molecule has 0 bridgehead atoms. The highest BCUT2D eigenvalue weighted by Gasteiger charge is 2.29. The van der Waals surface area contributed by atoms with Crippen LogP contribution in [0.1, 0.15) is 45.7 Å². The maximum Gasteiger partial charge on any atom is 0.407 e. The molecule has 3 N–H and O–H groups in total. The monoisotopic (exact) mass is 536 g/mol. The van der Waals surface area contributed by atoms with Gasteiger partial charge in [0.25, 0.3) is 0 Å². The third-order valence-corrected chi connectivity index (χ3v) is 6.71. The summed E-state index contributed by atoms with van der Waals surface area (Å²) in [4.78, 5) is 33.1. The van der Waals surface area contributed by atoms with Crippen LogP contribution in [0.15, 0.2) is 48.4 Å². The molecule has 4 rings (SSSR count). The van der Waals surface area contributed by atoms with E-state index in [1.807, 2.05) is 50.4 Å². The number of alkyl carbamates (subject to hydrolysis) is 1. The van der Waals surface area contributed by atoms with Gasteiger partial charge >= 0.3 is 6.09 Å². The summed E-state index contributed by atoms with van der Waals surface area (Å²) in [5.41, 5.74) is 1.47. The number of nitrogens with zero attached hydrogens (tertiary/aromatic N) is 5. The molecular formula is C27H36N8O2S. The van der Waals surface area contributed by atoms with E-state index in [2.05, 4.69) is 49.5 Å². The Morgan fingerprint density at radius 2 is 1.92 bits per heavy atom. The largest absolute Gasteiger partial charge is 0.444 e. The van der Waals surface area contributed by atoms with Crippen LogP contribution in [-0.4, -0.2) is 57.3 Å². The quantitative estimate of drug-likeness (QED) is 0.228. The number of aromatic nitrogens is 4. The fourth-order valence-corrected chi connectivity index (χ4v) is 4.86. The first-order valence-electron chi connectivity index (χ1n) is 12.9. The Kier molecular flexibility index (Phi) is 9.11. The molecule has 2 aromatic heterocycles. The van der Waals surface area contributed by atoms with Crippen molar-refractivity contribution in [3.05, 3.63) is 54.1 Å². The first-order valence-corrected chi connectivity index (χ1v) is 13.8. The zero-order chi connectivity index (χ0) is 27.0. The average molecular weight is 537 g/mol. The molecule has 3 heterocycles. The number of hydrogen-bond acceptors (Lipinski definition) is 10. The number of carbonyl (C=O) groups excluding carboxylic acids is 1. The minimum atomic E-state index is -0.542. The summed E-state index contributed by atoms with van der Waals surface area (Å²) in [6.45, 7) is 11.7. The Labute approximate surface area is 228 Å². The first-order chi connectivity index (χ1) is 18.3. The highest BCUT2D eigenvalue weighted by atomic mass is 32.1. The van der Waals surface area contributed by atoms with Crippen LogP contribution in [0.4, 0.5) is 22.6 Å². The molecule has 1 atom stereocenters. The van der Waals surface area contributed by atoms with E-state index in [4.69, 9.17) is 14.7 Å². The highest BCUT2D eigenvalue weighted by Crippen LogP contribution is 2.26. The maximum atomic E-state index is 12.2. The first kappa shape index (κ1) is 27.3. The highest BCUT2D eigenvalue weighted by molar-refractivity contribution is 7.13. The Balaban J connectivity index is 1.46. The average Bonchev–Trinajstić information content (AvgIpc) is 3.56. The Bertz CT molecular complexity index is 1210. The molecule has 38 heavy (non-hydrogen) atoms. The van der Waals surface area contributed by atoms with E-state index in [0.717, 1.165) is 42.1 Å². The second kappa shape index (κ2) is 12.7. The number of rotatable bonds is 11.